The van der Waals surface area contributed by atoms with Crippen molar-refractivity contribution in [1.29, 1.82) is 0 Å². The third kappa shape index (κ3) is 4.74. The van der Waals surface area contributed by atoms with Gasteiger partial charge in [-0.2, -0.15) is 0 Å². The number of hydrogen-bond acceptors (Lipinski definition) is 3. The highest BCUT2D eigenvalue weighted by Crippen LogP contribution is 2.31. The number of aryl methyl sites for hydroxylation is 2. The Morgan fingerprint density at radius 3 is 2.25 bits per heavy atom. The van der Waals surface area contributed by atoms with Crippen LogP contribution in [0, 0.1) is 13.8 Å². The van der Waals surface area contributed by atoms with E-state index in [9.17, 15) is 9.59 Å². The summed E-state index contributed by atoms with van der Waals surface area (Å²) in [6.07, 6.45) is 0. The normalized spacial score (nSPS) is 10.6. The van der Waals surface area contributed by atoms with E-state index < -0.39 is 0 Å². The molecule has 0 spiro atoms. The van der Waals surface area contributed by atoms with Gasteiger partial charge in [0.2, 0.25) is 0 Å². The minimum atomic E-state index is -0.330. The van der Waals surface area contributed by atoms with E-state index >= 15 is 0 Å². The van der Waals surface area contributed by atoms with Crippen molar-refractivity contribution in [3.8, 4) is 10.4 Å². The SMILES string of the molecule is Cc1cc(-c2cccs2)cc(C)c1NC(=O)c1cccc(NC(=O)c2ccccc2Cl)c1. The molecule has 1 aromatic heterocycles. The summed E-state index contributed by atoms with van der Waals surface area (Å²) in [6.45, 7) is 3.97. The molecular formula is C26H21ClN2O2S. The second-order valence-corrected chi connectivity index (χ2v) is 8.79. The van der Waals surface area contributed by atoms with E-state index in [0.717, 1.165) is 22.4 Å². The number of carbonyl (C=O) groups excluding carboxylic acids is 2. The highest BCUT2D eigenvalue weighted by atomic mass is 35.5. The van der Waals surface area contributed by atoms with Crippen molar-refractivity contribution in [3.63, 3.8) is 0 Å². The monoisotopic (exact) mass is 460 g/mol. The zero-order valence-corrected chi connectivity index (χ0v) is 19.2. The number of rotatable bonds is 5. The van der Waals surface area contributed by atoms with Crippen LogP contribution in [0.1, 0.15) is 31.8 Å². The van der Waals surface area contributed by atoms with Gasteiger partial charge in [0, 0.05) is 21.8 Å². The molecule has 4 aromatic rings. The number of hydrogen-bond donors (Lipinski definition) is 2. The quantitative estimate of drug-likeness (QED) is 0.331. The number of nitrogens with one attached hydrogen (secondary N) is 2. The van der Waals surface area contributed by atoms with Gasteiger partial charge in [-0.3, -0.25) is 9.59 Å². The smallest absolute Gasteiger partial charge is 0.257 e. The summed E-state index contributed by atoms with van der Waals surface area (Å²) in [7, 11) is 0. The van der Waals surface area contributed by atoms with Gasteiger partial charge in [0.1, 0.15) is 0 Å². The lowest BCUT2D eigenvalue weighted by Crippen LogP contribution is -2.16. The van der Waals surface area contributed by atoms with Crippen molar-refractivity contribution in [2.24, 2.45) is 0 Å². The molecule has 0 atom stereocenters. The highest BCUT2D eigenvalue weighted by Gasteiger charge is 2.14. The van der Waals surface area contributed by atoms with Crippen LogP contribution < -0.4 is 10.6 Å². The van der Waals surface area contributed by atoms with Crippen LogP contribution in [-0.2, 0) is 0 Å². The first-order valence-corrected chi connectivity index (χ1v) is 11.3. The maximum Gasteiger partial charge on any atom is 0.257 e. The zero-order chi connectivity index (χ0) is 22.7. The topological polar surface area (TPSA) is 58.2 Å². The van der Waals surface area contributed by atoms with Crippen molar-refractivity contribution in [3.05, 3.63) is 105 Å². The minimum absolute atomic E-state index is 0.242. The molecule has 6 heteroatoms. The Labute approximate surface area is 195 Å². The predicted octanol–water partition coefficient (Wildman–Crippen LogP) is 7.19. The predicted molar refractivity (Wildman–Crippen MR) is 133 cm³/mol. The van der Waals surface area contributed by atoms with Gasteiger partial charge in [-0.05, 0) is 84.4 Å². The van der Waals surface area contributed by atoms with Crippen LogP contribution in [0.5, 0.6) is 0 Å². The van der Waals surface area contributed by atoms with Crippen molar-refractivity contribution in [1.82, 2.24) is 0 Å². The molecule has 2 N–H and O–H groups in total. The molecule has 160 valence electrons. The number of thiophene rings is 1. The summed E-state index contributed by atoms with van der Waals surface area (Å²) in [5.74, 6) is -0.571. The molecule has 0 aliphatic heterocycles. The number of anilines is 2. The molecule has 0 radical (unpaired) electrons. The van der Waals surface area contributed by atoms with E-state index in [1.54, 1.807) is 59.9 Å². The van der Waals surface area contributed by atoms with E-state index in [1.807, 2.05) is 25.3 Å². The lowest BCUT2D eigenvalue weighted by Gasteiger charge is -2.14. The van der Waals surface area contributed by atoms with Crippen molar-refractivity contribution >= 4 is 46.1 Å². The van der Waals surface area contributed by atoms with Gasteiger partial charge in [0.25, 0.3) is 11.8 Å². The van der Waals surface area contributed by atoms with Crippen molar-refractivity contribution < 1.29 is 9.59 Å². The molecule has 3 aromatic carbocycles. The largest absolute Gasteiger partial charge is 0.322 e. The van der Waals surface area contributed by atoms with Crippen molar-refractivity contribution in [2.75, 3.05) is 10.6 Å². The number of halogens is 1. The molecular weight excluding hydrogens is 440 g/mol. The zero-order valence-electron chi connectivity index (χ0n) is 17.6. The van der Waals surface area contributed by atoms with Crippen molar-refractivity contribution in [2.45, 2.75) is 13.8 Å². The summed E-state index contributed by atoms with van der Waals surface area (Å²) in [6, 6.07) is 21.9. The van der Waals surface area contributed by atoms with Crippen LogP contribution in [0.2, 0.25) is 5.02 Å². The molecule has 0 fully saturated rings. The molecule has 0 aliphatic carbocycles. The first-order valence-electron chi connectivity index (χ1n) is 10.0. The van der Waals surface area contributed by atoms with Gasteiger partial charge in [0.15, 0.2) is 0 Å². The number of carbonyl (C=O) groups is 2. The lowest BCUT2D eigenvalue weighted by molar-refractivity contribution is 0.101. The van der Waals surface area contributed by atoms with Crippen LogP contribution in [0.4, 0.5) is 11.4 Å². The number of benzene rings is 3. The van der Waals surface area contributed by atoms with E-state index in [2.05, 4.69) is 28.8 Å². The Bertz CT molecular complexity index is 1280. The third-order valence-electron chi connectivity index (χ3n) is 5.08. The fourth-order valence-electron chi connectivity index (χ4n) is 3.51. The average Bonchev–Trinajstić information content (AvgIpc) is 3.31. The second kappa shape index (κ2) is 9.39. The highest BCUT2D eigenvalue weighted by molar-refractivity contribution is 7.13. The first kappa shape index (κ1) is 21.8. The Kier molecular flexibility index (Phi) is 6.40. The first-order chi connectivity index (χ1) is 15.4. The van der Waals surface area contributed by atoms with E-state index in [1.165, 1.54) is 4.88 Å². The molecule has 0 bridgehead atoms. The Hall–Kier alpha value is -3.41. The molecule has 32 heavy (non-hydrogen) atoms. The van der Waals surface area contributed by atoms with Gasteiger partial charge in [-0.25, -0.2) is 0 Å². The Balaban J connectivity index is 1.52. The minimum Gasteiger partial charge on any atom is -0.322 e. The molecule has 4 nitrogen and oxygen atoms in total. The average molecular weight is 461 g/mol. The van der Waals surface area contributed by atoms with Gasteiger partial charge in [-0.15, -0.1) is 11.3 Å². The second-order valence-electron chi connectivity index (χ2n) is 7.43. The van der Waals surface area contributed by atoms with Gasteiger partial charge < -0.3 is 10.6 Å². The molecule has 0 saturated carbocycles. The molecule has 0 saturated heterocycles. The maximum absolute atomic E-state index is 13.0. The summed E-state index contributed by atoms with van der Waals surface area (Å²) < 4.78 is 0. The third-order valence-corrected chi connectivity index (χ3v) is 6.33. The van der Waals surface area contributed by atoms with E-state index in [-0.39, 0.29) is 11.8 Å². The molecule has 0 aliphatic rings. The molecule has 0 unspecified atom stereocenters. The summed E-state index contributed by atoms with van der Waals surface area (Å²) >= 11 is 7.79. The summed E-state index contributed by atoms with van der Waals surface area (Å²) in [4.78, 5) is 26.7. The molecule has 2 amide bonds. The van der Waals surface area contributed by atoms with Gasteiger partial charge in [0.05, 0.1) is 10.6 Å². The van der Waals surface area contributed by atoms with Crippen LogP contribution >= 0.6 is 22.9 Å². The van der Waals surface area contributed by atoms with Crippen LogP contribution in [0.3, 0.4) is 0 Å². The lowest BCUT2D eigenvalue weighted by atomic mass is 10.0. The molecule has 4 rings (SSSR count). The maximum atomic E-state index is 13.0. The van der Waals surface area contributed by atoms with Gasteiger partial charge in [-0.1, -0.05) is 35.9 Å². The van der Waals surface area contributed by atoms with E-state index in [0.29, 0.717) is 21.8 Å². The summed E-state index contributed by atoms with van der Waals surface area (Å²) in [5.41, 5.74) is 5.25. The van der Waals surface area contributed by atoms with Crippen LogP contribution in [0.15, 0.2) is 78.2 Å². The van der Waals surface area contributed by atoms with Crippen LogP contribution in [0.25, 0.3) is 10.4 Å². The van der Waals surface area contributed by atoms with Crippen LogP contribution in [-0.4, -0.2) is 11.8 Å². The molecule has 1 heterocycles. The summed E-state index contributed by atoms with van der Waals surface area (Å²) in [5, 5.41) is 8.24. The van der Waals surface area contributed by atoms with E-state index in [4.69, 9.17) is 11.6 Å². The Morgan fingerprint density at radius 1 is 0.812 bits per heavy atom. The fourth-order valence-corrected chi connectivity index (χ4v) is 4.45. The number of amides is 2. The Morgan fingerprint density at radius 2 is 1.56 bits per heavy atom. The van der Waals surface area contributed by atoms with Gasteiger partial charge >= 0.3 is 0 Å². The fraction of sp³-hybridized carbons (Fsp3) is 0.0769. The standard InChI is InChI=1S/C26H21ClN2O2S/c1-16-13-19(23-11-6-12-32-23)14-17(2)24(16)29-25(30)18-7-5-8-20(15-18)28-26(31)21-9-3-4-10-22(21)27/h3-15H,1-2H3,(H,28,31)(H,29,30).